The maximum absolute atomic E-state index is 14.6. The van der Waals surface area contributed by atoms with Crippen molar-refractivity contribution in [2.24, 2.45) is 42.3 Å². The smallest absolute Gasteiger partial charge is 0.187 e. The summed E-state index contributed by atoms with van der Waals surface area (Å²) in [5.41, 5.74) is 56.6. The predicted molar refractivity (Wildman–Crippen MR) is 527 cm³/mol. The molecule has 0 spiro atoms. The number of anilines is 6. The first kappa shape index (κ1) is 93.0. The van der Waals surface area contributed by atoms with E-state index in [4.69, 9.17) is 77.5 Å². The number of nitrogens with one attached hydrogen (secondary N) is 6. The minimum atomic E-state index is -0.466. The third-order valence-corrected chi connectivity index (χ3v) is 28.2. The fraction of sp³-hybridized carbons (Fsp3) is 0.393. The van der Waals surface area contributed by atoms with Crippen LogP contribution in [0, 0.1) is 11.6 Å². The molecular weight excluding hydrogens is 1930 g/mol. The average Bonchev–Trinajstić information content (AvgIpc) is 1.65. The van der Waals surface area contributed by atoms with Crippen LogP contribution in [0.5, 0.6) is 0 Å². The number of nitrogens with zero attached hydrogens (tertiary/aromatic N) is 30. The quantitative estimate of drug-likeness (QED) is 0.0541. The van der Waals surface area contributed by atoms with Crippen LogP contribution in [0.3, 0.4) is 0 Å². The zero-order valence-corrected chi connectivity index (χ0v) is 81.0. The molecule has 137 heavy (non-hydrogen) atoms. The summed E-state index contributed by atoms with van der Waals surface area (Å²) in [4.78, 5) is 28.5. The van der Waals surface area contributed by atoms with Gasteiger partial charge in [-0.25, -0.2) is 38.7 Å². The van der Waals surface area contributed by atoms with E-state index in [1.165, 1.54) is 9.03 Å². The molecule has 18 aromatic heterocycles. The molecule has 6 aliphatic rings. The molecule has 6 fully saturated rings. The van der Waals surface area contributed by atoms with Crippen LogP contribution >= 0.6 is 55.1 Å². The SMILES string of the molecule is Cn1cc(-c2cnn3c(N)c(Br)c(C4CCCNC4)nc23)cn1.Cn1cc(-c2cnn3c(N)c(Br)c(C4CCNC4)nc23)cn1.Cn1cc(-c2cnn3c(N)c(Cl)c(C4CCCNC4)nc23)cn1.Cn1cc(-c2cnn3c(N)c(Cl)c(C4CCCNC4)nc23)cn1.Cn1cc(-c2cnn3c(N)c(F)c(C4CCCNC4)nc23)cn1.Cn1cc(-c2cnn3c(N)c(F)c(C4CCCNC4)nc23)cn1. The Balaban J connectivity index is 0.000000105. The van der Waals surface area contributed by atoms with Crippen LogP contribution in [-0.2, 0) is 42.3 Å². The van der Waals surface area contributed by atoms with Gasteiger partial charge in [-0.1, -0.05) is 23.2 Å². The van der Waals surface area contributed by atoms with Crippen molar-refractivity contribution in [3.63, 3.8) is 0 Å². The molecule has 0 amide bonds. The Morgan fingerprint density at radius 2 is 0.474 bits per heavy atom. The number of halogens is 6. The van der Waals surface area contributed by atoms with Gasteiger partial charge in [-0.05, 0) is 142 Å². The highest BCUT2D eigenvalue weighted by atomic mass is 79.9. The number of piperidine rings is 5. The average molecular weight is 2030 g/mol. The molecule has 6 atom stereocenters. The lowest BCUT2D eigenvalue weighted by atomic mass is 9.95. The van der Waals surface area contributed by atoms with Crippen LogP contribution in [0.4, 0.5) is 43.7 Å². The molecule has 42 nitrogen and oxygen atoms in total. The van der Waals surface area contributed by atoms with E-state index < -0.39 is 11.6 Å². The number of aromatic nitrogens is 30. The van der Waals surface area contributed by atoms with Crippen LogP contribution in [0.25, 0.3) is 101 Å². The summed E-state index contributed by atoms with van der Waals surface area (Å²) in [5, 5.41) is 72.2. The van der Waals surface area contributed by atoms with Gasteiger partial charge in [-0.15, -0.1) is 0 Å². The Labute approximate surface area is 810 Å². The second-order valence-electron chi connectivity index (χ2n) is 35.3. The Morgan fingerprint density at radius 3 is 0.701 bits per heavy atom. The Morgan fingerprint density at radius 1 is 0.270 bits per heavy atom. The summed E-state index contributed by atoms with van der Waals surface area (Å²) >= 11 is 20.1. The van der Waals surface area contributed by atoms with Gasteiger partial charge in [0.1, 0.15) is 33.3 Å². The van der Waals surface area contributed by atoms with Crippen LogP contribution in [-0.4, -0.2) is 225 Å². The zero-order chi connectivity index (χ0) is 95.1. The van der Waals surface area contributed by atoms with Gasteiger partial charge >= 0.3 is 0 Å². The lowest BCUT2D eigenvalue weighted by Crippen LogP contribution is -2.30. The second kappa shape index (κ2) is 39.9. The van der Waals surface area contributed by atoms with Crippen molar-refractivity contribution in [2.75, 3.05) is 113 Å². The van der Waals surface area contributed by atoms with E-state index in [9.17, 15) is 8.78 Å². The first-order valence-corrected chi connectivity index (χ1v) is 47.9. The van der Waals surface area contributed by atoms with Gasteiger partial charge < -0.3 is 66.3 Å². The molecule has 24 heterocycles. The molecule has 0 aromatic carbocycles. The molecule has 6 unspecified atom stereocenters. The Bertz CT molecular complexity index is 6550. The molecule has 18 aromatic rings. The molecule has 48 heteroatoms. The first-order valence-electron chi connectivity index (χ1n) is 45.5. The van der Waals surface area contributed by atoms with Gasteiger partial charge in [0.15, 0.2) is 57.2 Å². The Hall–Kier alpha value is -13.1. The summed E-state index contributed by atoms with van der Waals surface area (Å²) in [6.07, 6.45) is 44.1. The minimum absolute atomic E-state index is 0.00529. The van der Waals surface area contributed by atoms with E-state index in [2.05, 4.69) is 135 Å². The lowest BCUT2D eigenvalue weighted by Gasteiger charge is -2.23. The summed E-state index contributed by atoms with van der Waals surface area (Å²) < 4.78 is 50.7. The first-order chi connectivity index (χ1) is 66.4. The molecule has 0 aliphatic carbocycles. The number of nitrogen functional groups attached to an aromatic ring is 6. The van der Waals surface area contributed by atoms with Crippen molar-refractivity contribution in [1.29, 1.82) is 0 Å². The minimum Gasteiger partial charge on any atom is -0.383 e. The molecule has 18 N–H and O–H groups in total. The van der Waals surface area contributed by atoms with Crippen molar-refractivity contribution in [3.8, 4) is 66.8 Å². The molecule has 6 saturated heterocycles. The predicted octanol–water partition coefficient (Wildman–Crippen LogP) is 9.79. The summed E-state index contributed by atoms with van der Waals surface area (Å²) in [6, 6.07) is 0. The van der Waals surface area contributed by atoms with Crippen LogP contribution < -0.4 is 66.3 Å². The van der Waals surface area contributed by atoms with Crippen molar-refractivity contribution in [1.82, 2.24) is 178 Å². The van der Waals surface area contributed by atoms with Crippen molar-refractivity contribution in [2.45, 2.75) is 106 Å². The number of aryl methyl sites for hydroxylation is 6. The van der Waals surface area contributed by atoms with Gasteiger partial charge in [-0.2, -0.15) is 88.3 Å². The molecule has 0 radical (unpaired) electrons. The molecule has 24 rings (SSSR count). The fourth-order valence-electron chi connectivity index (χ4n) is 18.6. The molecule has 6 aliphatic heterocycles. The molecular formula is C89H106Br2Cl2F2N42. The van der Waals surface area contributed by atoms with Gasteiger partial charge in [-0.3, -0.25) is 28.1 Å². The van der Waals surface area contributed by atoms with E-state index in [0.717, 1.165) is 270 Å². The largest absolute Gasteiger partial charge is 0.383 e. The van der Waals surface area contributed by atoms with Crippen molar-refractivity contribution >= 4 is 124 Å². The van der Waals surface area contributed by atoms with Crippen molar-refractivity contribution < 1.29 is 8.78 Å². The van der Waals surface area contributed by atoms with E-state index >= 15 is 0 Å². The normalized spacial score (nSPS) is 18.6. The highest BCUT2D eigenvalue weighted by Crippen LogP contribution is 2.42. The van der Waals surface area contributed by atoms with Gasteiger partial charge in [0.25, 0.3) is 0 Å². The second-order valence-corrected chi connectivity index (χ2v) is 37.6. The van der Waals surface area contributed by atoms with E-state index in [1.54, 1.807) is 108 Å². The van der Waals surface area contributed by atoms with Gasteiger partial charge in [0, 0.05) is 221 Å². The van der Waals surface area contributed by atoms with Crippen LogP contribution in [0.2, 0.25) is 10.0 Å². The number of fused-ring (bicyclic) bond motifs is 6. The van der Waals surface area contributed by atoms with E-state index in [-0.39, 0.29) is 35.3 Å². The number of rotatable bonds is 12. The van der Waals surface area contributed by atoms with Crippen molar-refractivity contribution in [3.05, 3.63) is 176 Å². The molecule has 0 saturated carbocycles. The zero-order valence-electron chi connectivity index (χ0n) is 76.3. The molecule has 0 bridgehead atoms. The number of nitrogens with two attached hydrogens (primary N) is 6. The summed E-state index contributed by atoms with van der Waals surface area (Å²) in [6.45, 7) is 11.1. The maximum atomic E-state index is 14.6. The topological polar surface area (TPSA) is 516 Å². The summed E-state index contributed by atoms with van der Waals surface area (Å²) in [5.74, 6) is 2.49. The monoisotopic (exact) mass is 2030 g/mol. The molecule has 714 valence electrons. The highest BCUT2D eigenvalue weighted by molar-refractivity contribution is 9.11. The lowest BCUT2D eigenvalue weighted by molar-refractivity contribution is 0.437. The third-order valence-electron chi connectivity index (χ3n) is 25.8. The Kier molecular flexibility index (Phi) is 27.1. The standard InChI is InChI=1S/C15H18BrN7.2C15H18ClN7.2C15H18FN7.C14H16BrN7/c5*1-22-8-10(6-19-22)11-7-20-23-14(17)12(16)13(21-15(11)23)9-3-2-4-18-5-9;1-21-7-9(5-18-21)10-6-19-22-13(16)11(15)12(20-14(10)22)8-2-3-17-4-8/h5*6-9,18H,2-5,17H2,1H3;5-8,17H,2-4,16H2,1H3. The fourth-order valence-corrected chi connectivity index (χ4v) is 20.3. The van der Waals surface area contributed by atoms with Gasteiger partial charge in [0.2, 0.25) is 0 Å². The van der Waals surface area contributed by atoms with Crippen LogP contribution in [0.15, 0.2) is 120 Å². The number of hydrogen-bond acceptors (Lipinski definition) is 30. The van der Waals surface area contributed by atoms with E-state index in [0.29, 0.717) is 67.8 Å². The van der Waals surface area contributed by atoms with Crippen LogP contribution in [0.1, 0.15) is 140 Å². The maximum Gasteiger partial charge on any atom is 0.187 e. The van der Waals surface area contributed by atoms with E-state index in [1.807, 2.05) is 91.9 Å². The third kappa shape index (κ3) is 18.7. The highest BCUT2D eigenvalue weighted by Gasteiger charge is 2.33. The number of hydrogen-bond donors (Lipinski definition) is 12. The summed E-state index contributed by atoms with van der Waals surface area (Å²) in [7, 11) is 11.2. The van der Waals surface area contributed by atoms with Gasteiger partial charge in [0.05, 0.1) is 117 Å².